The van der Waals surface area contributed by atoms with E-state index in [9.17, 15) is 30.4 Å². The number of nitrogens with zero attached hydrogens (tertiary/aromatic N) is 1. The number of alkyl halides is 3. The fourth-order valence-electron chi connectivity index (χ4n) is 2.86. The maximum atomic E-state index is 12.5. The third-order valence-corrected chi connectivity index (χ3v) is 5.71. The van der Waals surface area contributed by atoms with Crippen LogP contribution in [0.3, 0.4) is 0 Å². The molecule has 7 nitrogen and oxygen atoms in total. The van der Waals surface area contributed by atoms with Gasteiger partial charge in [-0.25, -0.2) is 22.1 Å². The number of para-hydroxylation sites is 1. The summed E-state index contributed by atoms with van der Waals surface area (Å²) in [4.78, 5) is -0.372. The van der Waals surface area contributed by atoms with Crippen LogP contribution in [0, 0.1) is 0 Å². The van der Waals surface area contributed by atoms with Crippen LogP contribution in [0.5, 0.6) is 5.75 Å². The molecular weight excluding hydrogens is 457 g/mol. The van der Waals surface area contributed by atoms with E-state index in [1.54, 1.807) is 6.07 Å². The number of hydrogen-bond donors (Lipinski definition) is 2. The molecule has 0 amide bonds. The quantitative estimate of drug-likeness (QED) is 0.523. The van der Waals surface area contributed by atoms with Gasteiger partial charge in [0.2, 0.25) is 10.0 Å². The Kier molecular flexibility index (Phi) is 6.36. The van der Waals surface area contributed by atoms with Crippen molar-refractivity contribution in [2.24, 2.45) is 5.14 Å². The summed E-state index contributed by atoms with van der Waals surface area (Å²) >= 11 is -2.69. The first-order valence-corrected chi connectivity index (χ1v) is 11.1. The number of sulfonamides is 1. The Bertz CT molecular complexity index is 1230. The summed E-state index contributed by atoms with van der Waals surface area (Å²) in [5.74, 6) is -0.433. The molecule has 31 heavy (non-hydrogen) atoms. The summed E-state index contributed by atoms with van der Waals surface area (Å²) in [6.07, 6.45) is -4.86. The second kappa shape index (κ2) is 8.67. The highest BCUT2D eigenvalue weighted by atomic mass is 32.2. The van der Waals surface area contributed by atoms with E-state index in [4.69, 9.17) is 5.14 Å². The van der Waals surface area contributed by atoms with Crippen molar-refractivity contribution in [2.45, 2.75) is 11.3 Å². The largest absolute Gasteiger partial charge is 0.573 e. The van der Waals surface area contributed by atoms with Crippen molar-refractivity contribution < 1.29 is 35.1 Å². The standard InChI is InChI=1S/C19H15F3N2O5S2/c20-19(21,22)29-16-8-4-6-14(12-16)13-5-3-7-15(11-13)24(30(25)26)17-9-1-2-10-18(17)31(23,27)28/h1-12H,(H,25,26)(H2,23,27,28). The molecule has 0 saturated carbocycles. The van der Waals surface area contributed by atoms with Crippen LogP contribution < -0.4 is 14.2 Å². The molecule has 164 valence electrons. The van der Waals surface area contributed by atoms with Crippen molar-refractivity contribution in [3.63, 3.8) is 0 Å². The lowest BCUT2D eigenvalue weighted by molar-refractivity contribution is -0.274. The van der Waals surface area contributed by atoms with Crippen molar-refractivity contribution >= 4 is 32.7 Å². The third kappa shape index (κ3) is 5.61. The minimum Gasteiger partial charge on any atom is -0.406 e. The zero-order valence-electron chi connectivity index (χ0n) is 15.5. The number of primary sulfonamides is 1. The Morgan fingerprint density at radius 3 is 2.16 bits per heavy atom. The van der Waals surface area contributed by atoms with Crippen LogP contribution >= 0.6 is 0 Å². The fourth-order valence-corrected chi connectivity index (χ4v) is 4.26. The van der Waals surface area contributed by atoms with Crippen LogP contribution in [0.1, 0.15) is 0 Å². The highest BCUT2D eigenvalue weighted by Crippen LogP contribution is 2.35. The molecule has 0 aliphatic heterocycles. The van der Waals surface area contributed by atoms with Gasteiger partial charge < -0.3 is 4.74 Å². The number of halogens is 3. The molecule has 1 atom stereocenters. The molecule has 0 bridgehead atoms. The van der Waals surface area contributed by atoms with Crippen LogP contribution in [-0.2, 0) is 21.3 Å². The Morgan fingerprint density at radius 1 is 0.935 bits per heavy atom. The van der Waals surface area contributed by atoms with Gasteiger partial charge in [-0.1, -0.05) is 36.4 Å². The van der Waals surface area contributed by atoms with Crippen molar-refractivity contribution in [1.29, 1.82) is 0 Å². The maximum Gasteiger partial charge on any atom is 0.573 e. The number of hydrogen-bond acceptors (Lipinski definition) is 4. The van der Waals surface area contributed by atoms with Gasteiger partial charge in [0.15, 0.2) is 0 Å². The molecule has 12 heteroatoms. The molecule has 3 aromatic rings. The predicted molar refractivity (Wildman–Crippen MR) is 109 cm³/mol. The first kappa shape index (κ1) is 22.7. The first-order valence-electron chi connectivity index (χ1n) is 8.45. The minimum absolute atomic E-state index is 0.108. The molecule has 0 spiro atoms. The zero-order chi connectivity index (χ0) is 22.8. The number of ether oxygens (including phenoxy) is 1. The minimum atomic E-state index is -4.86. The van der Waals surface area contributed by atoms with E-state index >= 15 is 0 Å². The van der Waals surface area contributed by atoms with Gasteiger partial charge in [-0.15, -0.1) is 13.2 Å². The first-order chi connectivity index (χ1) is 14.5. The van der Waals surface area contributed by atoms with Crippen LogP contribution in [0.15, 0.2) is 77.7 Å². The summed E-state index contributed by atoms with van der Waals surface area (Å²) in [7, 11) is -4.22. The SMILES string of the molecule is NS(=O)(=O)c1ccccc1N(c1cccc(-c2cccc(OC(F)(F)F)c2)c1)S(=O)O. The lowest BCUT2D eigenvalue weighted by Crippen LogP contribution is -2.23. The number of rotatable bonds is 6. The van der Waals surface area contributed by atoms with Crippen LogP contribution in [0.4, 0.5) is 24.5 Å². The molecule has 3 N–H and O–H groups in total. The van der Waals surface area contributed by atoms with E-state index < -0.39 is 33.4 Å². The topological polar surface area (TPSA) is 110 Å². The monoisotopic (exact) mass is 472 g/mol. The molecule has 0 radical (unpaired) electrons. The van der Waals surface area contributed by atoms with E-state index in [0.717, 1.165) is 16.4 Å². The average molecular weight is 472 g/mol. The Labute approximate surface area is 178 Å². The maximum absolute atomic E-state index is 12.5. The summed E-state index contributed by atoms with van der Waals surface area (Å²) in [6.45, 7) is 0. The van der Waals surface area contributed by atoms with Gasteiger partial charge in [0.1, 0.15) is 10.6 Å². The summed E-state index contributed by atoms with van der Waals surface area (Å²) < 4.78 is 88.1. The summed E-state index contributed by atoms with van der Waals surface area (Å²) in [5.41, 5.74) is 0.703. The Morgan fingerprint density at radius 2 is 1.55 bits per heavy atom. The lowest BCUT2D eigenvalue weighted by atomic mass is 10.0. The molecule has 0 saturated heterocycles. The van der Waals surface area contributed by atoms with Crippen LogP contribution in [0.25, 0.3) is 11.1 Å². The van der Waals surface area contributed by atoms with E-state index in [0.29, 0.717) is 11.1 Å². The average Bonchev–Trinajstić information content (AvgIpc) is 2.67. The third-order valence-electron chi connectivity index (χ3n) is 4.03. The van der Waals surface area contributed by atoms with Crippen molar-refractivity contribution in [3.8, 4) is 16.9 Å². The zero-order valence-corrected chi connectivity index (χ0v) is 17.1. The predicted octanol–water partition coefficient (Wildman–Crippen LogP) is 4.17. The molecule has 0 aliphatic carbocycles. The fraction of sp³-hybridized carbons (Fsp3) is 0.0526. The van der Waals surface area contributed by atoms with Crippen LogP contribution in [0.2, 0.25) is 0 Å². The highest BCUT2D eigenvalue weighted by molar-refractivity contribution is 7.89. The number of nitrogens with two attached hydrogens (primary N) is 1. The highest BCUT2D eigenvalue weighted by Gasteiger charge is 2.31. The summed E-state index contributed by atoms with van der Waals surface area (Å²) in [6, 6.07) is 16.5. The Balaban J connectivity index is 2.08. The Hall–Kier alpha value is -2.93. The van der Waals surface area contributed by atoms with E-state index in [1.165, 1.54) is 54.6 Å². The van der Waals surface area contributed by atoms with Crippen molar-refractivity contribution in [3.05, 3.63) is 72.8 Å². The summed E-state index contributed by atoms with van der Waals surface area (Å²) in [5, 5.41) is 5.22. The normalized spacial score (nSPS) is 12.9. The second-order valence-electron chi connectivity index (χ2n) is 6.16. The van der Waals surface area contributed by atoms with Gasteiger partial charge in [-0.2, -0.15) is 0 Å². The number of anilines is 2. The molecule has 3 aromatic carbocycles. The van der Waals surface area contributed by atoms with Crippen molar-refractivity contribution in [1.82, 2.24) is 0 Å². The number of benzene rings is 3. The van der Waals surface area contributed by atoms with E-state index in [2.05, 4.69) is 4.74 Å². The molecular formula is C19H15F3N2O5S2. The van der Waals surface area contributed by atoms with Crippen LogP contribution in [-0.4, -0.2) is 23.5 Å². The van der Waals surface area contributed by atoms with E-state index in [-0.39, 0.29) is 16.3 Å². The molecule has 1 unspecified atom stereocenters. The van der Waals surface area contributed by atoms with Gasteiger partial charge in [-0.3, -0.25) is 4.55 Å². The van der Waals surface area contributed by atoms with E-state index in [1.807, 2.05) is 0 Å². The second-order valence-corrected chi connectivity index (χ2v) is 8.52. The van der Waals surface area contributed by atoms with Crippen molar-refractivity contribution in [2.75, 3.05) is 4.31 Å². The molecule has 0 aliphatic rings. The molecule has 0 aromatic heterocycles. The lowest BCUT2D eigenvalue weighted by Gasteiger charge is -2.22. The van der Waals surface area contributed by atoms with Gasteiger partial charge in [0.25, 0.3) is 11.3 Å². The van der Waals surface area contributed by atoms with Gasteiger partial charge in [-0.05, 0) is 47.5 Å². The smallest absolute Gasteiger partial charge is 0.406 e. The van der Waals surface area contributed by atoms with Gasteiger partial charge >= 0.3 is 6.36 Å². The van der Waals surface area contributed by atoms with Gasteiger partial charge in [0.05, 0.1) is 11.4 Å². The molecule has 3 rings (SSSR count). The molecule has 0 heterocycles. The van der Waals surface area contributed by atoms with Gasteiger partial charge in [0, 0.05) is 0 Å². The molecule has 0 fully saturated rings.